The first-order chi connectivity index (χ1) is 9.92. The molecule has 0 bridgehead atoms. The van der Waals surface area contributed by atoms with E-state index in [2.05, 4.69) is 26.0 Å². The summed E-state index contributed by atoms with van der Waals surface area (Å²) in [4.78, 5) is 34.5. The molecule has 0 unspecified atom stereocenters. The van der Waals surface area contributed by atoms with Crippen molar-refractivity contribution in [2.24, 2.45) is 0 Å². The molecule has 0 aliphatic rings. The van der Waals surface area contributed by atoms with Gasteiger partial charge in [-0.3, -0.25) is 9.59 Å². The van der Waals surface area contributed by atoms with Crippen LogP contribution in [0.15, 0.2) is 22.0 Å². The number of halogens is 1. The first-order valence-electron chi connectivity index (χ1n) is 5.96. The highest BCUT2D eigenvalue weighted by Crippen LogP contribution is 2.22. The largest absolute Gasteiger partial charge is 0.480 e. The van der Waals surface area contributed by atoms with Crippen LogP contribution in [0.1, 0.15) is 17.7 Å². The topological polar surface area (TPSA) is 92.7 Å². The zero-order valence-electron chi connectivity index (χ0n) is 11.2. The van der Waals surface area contributed by atoms with Gasteiger partial charge in [0.1, 0.15) is 6.04 Å². The number of carboxylic acids is 1. The summed E-state index contributed by atoms with van der Waals surface area (Å²) >= 11 is 4.75. The van der Waals surface area contributed by atoms with Gasteiger partial charge in [0.05, 0.1) is 10.9 Å². The van der Waals surface area contributed by atoms with Gasteiger partial charge in [0, 0.05) is 17.4 Å². The van der Waals surface area contributed by atoms with Crippen LogP contribution < -0.4 is 5.32 Å². The highest BCUT2D eigenvalue weighted by Gasteiger charge is 2.20. The van der Waals surface area contributed by atoms with Gasteiger partial charge in [0.2, 0.25) is 5.91 Å². The van der Waals surface area contributed by atoms with Crippen molar-refractivity contribution >= 4 is 51.2 Å². The Balaban J connectivity index is 2.54. The van der Waals surface area contributed by atoms with Crippen LogP contribution in [-0.2, 0) is 19.1 Å². The molecular weight excluding hydrogens is 362 g/mol. The third-order valence-corrected chi connectivity index (χ3v) is 4.06. The molecule has 0 saturated carbocycles. The van der Waals surface area contributed by atoms with Crippen molar-refractivity contribution in [1.29, 1.82) is 0 Å². The summed E-state index contributed by atoms with van der Waals surface area (Å²) < 4.78 is 5.37. The molecule has 114 valence electrons. The number of carbonyl (C=O) groups excluding carboxylic acids is 2. The van der Waals surface area contributed by atoms with Gasteiger partial charge in [-0.1, -0.05) is 0 Å². The van der Waals surface area contributed by atoms with Gasteiger partial charge < -0.3 is 15.2 Å². The average Bonchev–Trinajstić information content (AvgIpc) is 2.86. The fourth-order valence-electron chi connectivity index (χ4n) is 1.42. The van der Waals surface area contributed by atoms with Crippen molar-refractivity contribution in [3.63, 3.8) is 0 Å². The van der Waals surface area contributed by atoms with Crippen LogP contribution in [0.2, 0.25) is 0 Å². The van der Waals surface area contributed by atoms with Crippen LogP contribution in [0, 0.1) is 0 Å². The van der Waals surface area contributed by atoms with Crippen LogP contribution in [0.3, 0.4) is 0 Å². The maximum atomic E-state index is 11.7. The lowest BCUT2D eigenvalue weighted by Crippen LogP contribution is -2.40. The van der Waals surface area contributed by atoms with E-state index in [9.17, 15) is 14.4 Å². The molecule has 0 spiro atoms. The van der Waals surface area contributed by atoms with Gasteiger partial charge in [0.25, 0.3) is 0 Å². The summed E-state index contributed by atoms with van der Waals surface area (Å²) in [7, 11) is 1.22. The third-order valence-electron chi connectivity index (χ3n) is 2.47. The molecule has 6 nitrogen and oxygen atoms in total. The molecule has 2 N–H and O–H groups in total. The van der Waals surface area contributed by atoms with Crippen LogP contribution in [0.25, 0.3) is 6.08 Å². The van der Waals surface area contributed by atoms with E-state index in [0.29, 0.717) is 0 Å². The molecule has 1 atom stereocenters. The third kappa shape index (κ3) is 6.54. The normalized spacial score (nSPS) is 12.1. The summed E-state index contributed by atoms with van der Waals surface area (Å²) in [5, 5.41) is 11.3. The average molecular weight is 376 g/mol. The van der Waals surface area contributed by atoms with Gasteiger partial charge in [-0.25, -0.2) is 4.79 Å². The SMILES string of the molecule is COC(=O)CC[C@@H](NC(=O)/C=C/c1ccc(Br)s1)C(=O)O. The molecule has 21 heavy (non-hydrogen) atoms. The minimum absolute atomic E-state index is 0.0217. The molecule has 1 aromatic rings. The number of aliphatic carboxylic acids is 1. The maximum absolute atomic E-state index is 11.7. The van der Waals surface area contributed by atoms with Crippen LogP contribution in [0.4, 0.5) is 0 Å². The number of carboxylic acid groups (broad SMARTS) is 1. The lowest BCUT2D eigenvalue weighted by molar-refractivity contribution is -0.143. The molecule has 1 amide bonds. The molecule has 0 fully saturated rings. The minimum Gasteiger partial charge on any atom is -0.480 e. The highest BCUT2D eigenvalue weighted by molar-refractivity contribution is 9.11. The Bertz CT molecular complexity index is 555. The molecule has 1 aromatic heterocycles. The fraction of sp³-hybridized carbons (Fsp3) is 0.308. The van der Waals surface area contributed by atoms with E-state index >= 15 is 0 Å². The molecule has 1 heterocycles. The van der Waals surface area contributed by atoms with E-state index in [1.54, 1.807) is 6.08 Å². The number of ether oxygens (including phenoxy) is 1. The Kier molecular flexibility index (Phi) is 7.10. The number of hydrogen-bond acceptors (Lipinski definition) is 5. The van der Waals surface area contributed by atoms with Gasteiger partial charge in [-0.2, -0.15) is 0 Å². The standard InChI is InChI=1S/C13H14BrNO5S/c1-20-12(17)7-4-9(13(18)19)15-11(16)6-3-8-2-5-10(14)21-8/h2-3,5-6,9H,4,7H2,1H3,(H,15,16)(H,18,19)/b6-3+/t9-/m1/s1. The summed E-state index contributed by atoms with van der Waals surface area (Å²) in [5.74, 6) is -2.24. The van der Waals surface area contributed by atoms with Crippen molar-refractivity contribution in [2.75, 3.05) is 7.11 Å². The lowest BCUT2D eigenvalue weighted by Gasteiger charge is -2.12. The predicted molar refractivity (Wildman–Crippen MR) is 81.9 cm³/mol. The summed E-state index contributed by atoms with van der Waals surface area (Å²) in [6.45, 7) is 0. The zero-order chi connectivity index (χ0) is 15.8. The van der Waals surface area contributed by atoms with Gasteiger partial charge in [0.15, 0.2) is 0 Å². The quantitative estimate of drug-likeness (QED) is 0.561. The van der Waals surface area contributed by atoms with E-state index in [4.69, 9.17) is 5.11 Å². The van der Waals surface area contributed by atoms with Crippen molar-refractivity contribution in [3.8, 4) is 0 Å². The van der Waals surface area contributed by atoms with Crippen molar-refractivity contribution in [1.82, 2.24) is 5.32 Å². The first-order valence-corrected chi connectivity index (χ1v) is 7.57. The van der Waals surface area contributed by atoms with Gasteiger partial charge >= 0.3 is 11.9 Å². The van der Waals surface area contributed by atoms with E-state index in [1.165, 1.54) is 24.5 Å². The van der Waals surface area contributed by atoms with Crippen molar-refractivity contribution in [2.45, 2.75) is 18.9 Å². The molecule has 0 radical (unpaired) electrons. The minimum atomic E-state index is -1.19. The lowest BCUT2D eigenvalue weighted by atomic mass is 10.1. The Labute approximate surface area is 133 Å². The second-order valence-corrected chi connectivity index (χ2v) is 6.48. The van der Waals surface area contributed by atoms with E-state index in [1.807, 2.05) is 12.1 Å². The summed E-state index contributed by atoms with van der Waals surface area (Å²) in [6.07, 6.45) is 2.75. The number of amides is 1. The van der Waals surface area contributed by atoms with Crippen molar-refractivity contribution in [3.05, 3.63) is 26.9 Å². The summed E-state index contributed by atoms with van der Waals surface area (Å²) in [6, 6.07) is 2.54. The van der Waals surface area contributed by atoms with Crippen LogP contribution >= 0.6 is 27.3 Å². The Morgan fingerprint density at radius 2 is 2.19 bits per heavy atom. The predicted octanol–water partition coefficient (Wildman–Crippen LogP) is 2.05. The highest BCUT2D eigenvalue weighted by atomic mass is 79.9. The molecule has 0 aromatic carbocycles. The van der Waals surface area contributed by atoms with Crippen molar-refractivity contribution < 1.29 is 24.2 Å². The number of carbonyl (C=O) groups is 3. The molecule has 0 aliphatic carbocycles. The smallest absolute Gasteiger partial charge is 0.326 e. The molecule has 0 saturated heterocycles. The first kappa shape index (κ1) is 17.4. The fourth-order valence-corrected chi connectivity index (χ4v) is 2.74. The second-order valence-electron chi connectivity index (χ2n) is 3.99. The monoisotopic (exact) mass is 375 g/mol. The maximum Gasteiger partial charge on any atom is 0.326 e. The molecule has 1 rings (SSSR count). The number of esters is 1. The summed E-state index contributed by atoms with van der Waals surface area (Å²) in [5.41, 5.74) is 0. The van der Waals surface area contributed by atoms with E-state index in [0.717, 1.165) is 8.66 Å². The Hall–Kier alpha value is -1.67. The molecule has 8 heteroatoms. The number of thiophene rings is 1. The zero-order valence-corrected chi connectivity index (χ0v) is 13.6. The Morgan fingerprint density at radius 3 is 2.71 bits per heavy atom. The number of methoxy groups -OCH3 is 1. The number of nitrogens with one attached hydrogen (secondary N) is 1. The number of hydrogen-bond donors (Lipinski definition) is 2. The van der Waals surface area contributed by atoms with Gasteiger partial charge in [-0.05, 0) is 40.6 Å². The van der Waals surface area contributed by atoms with E-state index in [-0.39, 0.29) is 12.8 Å². The number of rotatable bonds is 7. The van der Waals surface area contributed by atoms with Crippen LogP contribution in [-0.4, -0.2) is 36.1 Å². The van der Waals surface area contributed by atoms with E-state index < -0.39 is 23.9 Å². The second kappa shape index (κ2) is 8.58. The Morgan fingerprint density at radius 1 is 1.48 bits per heavy atom. The van der Waals surface area contributed by atoms with Gasteiger partial charge in [-0.15, -0.1) is 11.3 Å². The molecule has 0 aliphatic heterocycles. The molecular formula is C13H14BrNO5S. The van der Waals surface area contributed by atoms with Crippen LogP contribution in [0.5, 0.6) is 0 Å².